The van der Waals surface area contributed by atoms with Gasteiger partial charge in [0.2, 0.25) is 0 Å². The summed E-state index contributed by atoms with van der Waals surface area (Å²) < 4.78 is 5.30. The lowest BCUT2D eigenvalue weighted by Gasteiger charge is -2.10. The number of amides is 1. The largest absolute Gasteiger partial charge is 0.484 e. The van der Waals surface area contributed by atoms with Gasteiger partial charge in [-0.05, 0) is 32.0 Å². The van der Waals surface area contributed by atoms with E-state index >= 15 is 0 Å². The number of carbonyl (C=O) groups is 1. The lowest BCUT2D eigenvalue weighted by molar-refractivity contribution is -0.123. The Morgan fingerprint density at radius 3 is 2.72 bits per heavy atom. The van der Waals surface area contributed by atoms with Gasteiger partial charge in [-0.2, -0.15) is 0 Å². The van der Waals surface area contributed by atoms with Crippen LogP contribution in [0.2, 0.25) is 5.02 Å². The molecule has 0 aliphatic carbocycles. The molecule has 98 valence electrons. The predicted molar refractivity (Wildman–Crippen MR) is 76.1 cm³/mol. The number of benzene rings is 1. The molecule has 0 radical (unpaired) electrons. The van der Waals surface area contributed by atoms with Gasteiger partial charge >= 0.3 is 0 Å². The summed E-state index contributed by atoms with van der Waals surface area (Å²) in [6, 6.07) is 5.00. The zero-order chi connectivity index (χ0) is 13.7. The van der Waals surface area contributed by atoms with Crippen molar-refractivity contribution in [3.05, 3.63) is 28.8 Å². The van der Waals surface area contributed by atoms with Gasteiger partial charge in [-0.15, -0.1) is 0 Å². The van der Waals surface area contributed by atoms with Crippen molar-refractivity contribution in [3.8, 4) is 5.75 Å². The van der Waals surface area contributed by atoms with E-state index in [1.165, 1.54) is 0 Å². The minimum atomic E-state index is -0.181. The normalized spacial score (nSPS) is 10.2. The standard InChI is InChI=1S/C12H15ClN2O2S/c1-7(2)15-11(16)6-17-8-3-4-9(12(14)18)10(13)5-8/h3-5,7H,6H2,1-2H3,(H2,14,18)(H,15,16). The molecule has 1 amide bonds. The number of nitrogens with one attached hydrogen (secondary N) is 1. The summed E-state index contributed by atoms with van der Waals surface area (Å²) in [5.41, 5.74) is 6.07. The molecule has 0 fully saturated rings. The van der Waals surface area contributed by atoms with Crippen LogP contribution in [0, 0.1) is 0 Å². The lowest BCUT2D eigenvalue weighted by atomic mass is 10.2. The Balaban J connectivity index is 2.61. The molecule has 0 atom stereocenters. The van der Waals surface area contributed by atoms with E-state index in [0.717, 1.165) is 0 Å². The summed E-state index contributed by atoms with van der Waals surface area (Å²) in [7, 11) is 0. The van der Waals surface area contributed by atoms with E-state index in [0.29, 0.717) is 16.3 Å². The van der Waals surface area contributed by atoms with Crippen LogP contribution in [0.5, 0.6) is 5.75 Å². The second-order valence-electron chi connectivity index (χ2n) is 4.02. The van der Waals surface area contributed by atoms with E-state index < -0.39 is 0 Å². The Kier molecular flexibility index (Phi) is 5.37. The van der Waals surface area contributed by atoms with E-state index in [4.69, 9.17) is 34.3 Å². The van der Waals surface area contributed by atoms with Crippen molar-refractivity contribution in [3.63, 3.8) is 0 Å². The molecule has 4 nitrogen and oxygen atoms in total. The van der Waals surface area contributed by atoms with Gasteiger partial charge in [0.15, 0.2) is 6.61 Å². The van der Waals surface area contributed by atoms with Crippen LogP contribution in [0.25, 0.3) is 0 Å². The zero-order valence-electron chi connectivity index (χ0n) is 10.2. The fraction of sp³-hybridized carbons (Fsp3) is 0.333. The molecule has 1 rings (SSSR count). The number of hydrogen-bond donors (Lipinski definition) is 2. The first kappa shape index (κ1) is 14.7. The number of hydrogen-bond acceptors (Lipinski definition) is 3. The highest BCUT2D eigenvalue weighted by atomic mass is 35.5. The molecule has 0 heterocycles. The molecule has 0 unspecified atom stereocenters. The van der Waals surface area contributed by atoms with Gasteiger partial charge in [0.05, 0.1) is 5.02 Å². The minimum absolute atomic E-state index is 0.0546. The van der Waals surface area contributed by atoms with E-state index in [9.17, 15) is 4.79 Å². The second kappa shape index (κ2) is 6.56. The van der Waals surface area contributed by atoms with Crippen LogP contribution in [-0.4, -0.2) is 23.5 Å². The molecule has 0 aliphatic rings. The van der Waals surface area contributed by atoms with Gasteiger partial charge in [0, 0.05) is 11.6 Å². The van der Waals surface area contributed by atoms with Crippen LogP contribution in [0.1, 0.15) is 19.4 Å². The minimum Gasteiger partial charge on any atom is -0.484 e. The Morgan fingerprint density at radius 1 is 1.56 bits per heavy atom. The maximum Gasteiger partial charge on any atom is 0.258 e. The van der Waals surface area contributed by atoms with Crippen LogP contribution < -0.4 is 15.8 Å². The monoisotopic (exact) mass is 286 g/mol. The highest BCUT2D eigenvalue weighted by Gasteiger charge is 2.07. The Hall–Kier alpha value is -1.33. The van der Waals surface area contributed by atoms with Gasteiger partial charge in [-0.3, -0.25) is 4.79 Å². The molecule has 0 saturated carbocycles. The number of nitrogens with two attached hydrogens (primary N) is 1. The maximum atomic E-state index is 11.4. The van der Waals surface area contributed by atoms with Crippen LogP contribution in [-0.2, 0) is 4.79 Å². The van der Waals surface area contributed by atoms with E-state index in [-0.39, 0.29) is 23.5 Å². The third kappa shape index (κ3) is 4.50. The molecule has 0 aliphatic heterocycles. The molecule has 18 heavy (non-hydrogen) atoms. The fourth-order valence-corrected chi connectivity index (χ4v) is 1.80. The number of thiocarbonyl (C=S) groups is 1. The zero-order valence-corrected chi connectivity index (χ0v) is 11.8. The first-order valence-electron chi connectivity index (χ1n) is 5.41. The summed E-state index contributed by atoms with van der Waals surface area (Å²) >= 11 is 10.8. The van der Waals surface area contributed by atoms with E-state index in [1.54, 1.807) is 18.2 Å². The summed E-state index contributed by atoms with van der Waals surface area (Å²) in [5.74, 6) is 0.318. The first-order valence-corrected chi connectivity index (χ1v) is 6.20. The Bertz CT molecular complexity index is 463. The van der Waals surface area contributed by atoms with Crippen LogP contribution in [0.4, 0.5) is 0 Å². The fourth-order valence-electron chi connectivity index (χ4n) is 1.30. The smallest absolute Gasteiger partial charge is 0.258 e. The molecule has 1 aromatic rings. The molecular formula is C12H15ClN2O2S. The first-order chi connectivity index (χ1) is 8.40. The van der Waals surface area contributed by atoms with E-state index in [1.807, 2.05) is 13.8 Å². The van der Waals surface area contributed by atoms with Crippen molar-refractivity contribution >= 4 is 34.7 Å². The topological polar surface area (TPSA) is 64.3 Å². The van der Waals surface area contributed by atoms with Gasteiger partial charge < -0.3 is 15.8 Å². The molecule has 0 bridgehead atoms. The molecule has 0 saturated heterocycles. The van der Waals surface area contributed by atoms with Crippen molar-refractivity contribution in [2.24, 2.45) is 5.73 Å². The molecule has 3 N–H and O–H groups in total. The van der Waals surface area contributed by atoms with E-state index in [2.05, 4.69) is 5.32 Å². The SMILES string of the molecule is CC(C)NC(=O)COc1ccc(C(N)=S)c(Cl)c1. The number of ether oxygens (including phenoxy) is 1. The molecular weight excluding hydrogens is 272 g/mol. The Morgan fingerprint density at radius 2 is 2.22 bits per heavy atom. The van der Waals surface area contributed by atoms with Gasteiger partial charge in [-0.1, -0.05) is 23.8 Å². The highest BCUT2D eigenvalue weighted by molar-refractivity contribution is 7.80. The maximum absolute atomic E-state index is 11.4. The van der Waals surface area contributed by atoms with Crippen molar-refractivity contribution in [2.75, 3.05) is 6.61 Å². The molecule has 6 heteroatoms. The summed E-state index contributed by atoms with van der Waals surface area (Å²) in [5, 5.41) is 3.13. The molecule has 1 aromatic carbocycles. The summed E-state index contributed by atoms with van der Waals surface area (Å²) in [4.78, 5) is 11.6. The van der Waals surface area contributed by atoms with Crippen LogP contribution in [0.3, 0.4) is 0 Å². The van der Waals surface area contributed by atoms with Gasteiger partial charge in [-0.25, -0.2) is 0 Å². The quantitative estimate of drug-likeness (QED) is 0.811. The molecule has 0 aromatic heterocycles. The predicted octanol–water partition coefficient (Wildman–Crippen LogP) is 1.88. The van der Waals surface area contributed by atoms with Crippen molar-refractivity contribution in [1.82, 2.24) is 5.32 Å². The van der Waals surface area contributed by atoms with Crippen molar-refractivity contribution < 1.29 is 9.53 Å². The molecule has 0 spiro atoms. The average Bonchev–Trinajstić information content (AvgIpc) is 2.25. The number of carbonyl (C=O) groups excluding carboxylic acids is 1. The van der Waals surface area contributed by atoms with Gasteiger partial charge in [0.1, 0.15) is 10.7 Å². The summed E-state index contributed by atoms with van der Waals surface area (Å²) in [6.07, 6.45) is 0. The van der Waals surface area contributed by atoms with Gasteiger partial charge in [0.25, 0.3) is 5.91 Å². The average molecular weight is 287 g/mol. The lowest BCUT2D eigenvalue weighted by Crippen LogP contribution is -2.34. The third-order valence-corrected chi connectivity index (χ3v) is 2.56. The van der Waals surface area contributed by atoms with Crippen molar-refractivity contribution in [1.29, 1.82) is 0 Å². The second-order valence-corrected chi connectivity index (χ2v) is 4.86. The third-order valence-electron chi connectivity index (χ3n) is 2.03. The number of rotatable bonds is 5. The number of halogens is 1. The summed E-state index contributed by atoms with van der Waals surface area (Å²) in [6.45, 7) is 3.71. The van der Waals surface area contributed by atoms with Crippen LogP contribution >= 0.6 is 23.8 Å². The highest BCUT2D eigenvalue weighted by Crippen LogP contribution is 2.22. The van der Waals surface area contributed by atoms with Crippen LogP contribution in [0.15, 0.2) is 18.2 Å². The Labute approximate surface area is 116 Å². The van der Waals surface area contributed by atoms with Crippen molar-refractivity contribution in [2.45, 2.75) is 19.9 Å².